The minimum atomic E-state index is -1.21. The molecule has 0 aliphatic carbocycles. The molecule has 0 radical (unpaired) electrons. The maximum Gasteiger partial charge on any atom is 0.0855 e. The molecule has 1 nitrogen and oxygen atoms in total. The lowest BCUT2D eigenvalue weighted by Crippen LogP contribution is -1.96. The van der Waals surface area contributed by atoms with Gasteiger partial charge in [0, 0.05) is 4.90 Å². The van der Waals surface area contributed by atoms with Crippen LogP contribution in [-0.4, -0.2) is 4.21 Å². The predicted molar refractivity (Wildman–Crippen MR) is 93.6 cm³/mol. The lowest BCUT2D eigenvalue weighted by atomic mass is 10.1. The third kappa shape index (κ3) is 3.41. The molecule has 3 rings (SSSR count). The van der Waals surface area contributed by atoms with Gasteiger partial charge in [-0.25, -0.2) is 4.21 Å². The molecule has 0 spiro atoms. The Morgan fingerprint density at radius 2 is 1.18 bits per heavy atom. The van der Waals surface area contributed by atoms with E-state index in [9.17, 15) is 4.21 Å². The third-order valence-corrected chi connectivity index (χ3v) is 4.77. The van der Waals surface area contributed by atoms with Crippen LogP contribution in [0, 0.1) is 0 Å². The van der Waals surface area contributed by atoms with E-state index in [0.717, 1.165) is 20.9 Å². The van der Waals surface area contributed by atoms with Gasteiger partial charge >= 0.3 is 0 Å². The van der Waals surface area contributed by atoms with Crippen molar-refractivity contribution in [2.75, 3.05) is 0 Å². The van der Waals surface area contributed by atoms with Gasteiger partial charge in [0.15, 0.2) is 0 Å². The van der Waals surface area contributed by atoms with E-state index in [1.165, 1.54) is 0 Å². The van der Waals surface area contributed by atoms with E-state index in [1.54, 1.807) is 0 Å². The third-order valence-electron chi connectivity index (χ3n) is 3.31. The highest BCUT2D eigenvalue weighted by Crippen LogP contribution is 2.26. The number of benzene rings is 3. The first kappa shape index (κ1) is 14.5. The second kappa shape index (κ2) is 7.01. The van der Waals surface area contributed by atoms with E-state index in [2.05, 4.69) is 0 Å². The Kier molecular flexibility index (Phi) is 4.62. The van der Waals surface area contributed by atoms with E-state index in [1.807, 2.05) is 97.1 Å². The van der Waals surface area contributed by atoms with E-state index >= 15 is 0 Å². The van der Waals surface area contributed by atoms with Gasteiger partial charge in [0.05, 0.1) is 15.7 Å². The van der Waals surface area contributed by atoms with Gasteiger partial charge < -0.3 is 0 Å². The summed E-state index contributed by atoms with van der Waals surface area (Å²) in [5, 5.41) is 0. The molecule has 108 valence electrons. The summed E-state index contributed by atoms with van der Waals surface area (Å²) in [5.74, 6) is 0. The Morgan fingerprint density at radius 1 is 0.682 bits per heavy atom. The molecule has 1 unspecified atom stereocenters. The highest BCUT2D eigenvalue weighted by Gasteiger charge is 2.12. The van der Waals surface area contributed by atoms with Crippen molar-refractivity contribution in [2.24, 2.45) is 0 Å². The molecule has 0 fully saturated rings. The standard InChI is InChI=1S/C20H16OS/c21-22(19-14-8-3-9-15-19)20(18-12-6-2-7-13-18)16-17-10-4-1-5-11-17/h1-16H. The molecule has 22 heavy (non-hydrogen) atoms. The highest BCUT2D eigenvalue weighted by atomic mass is 32.2. The Bertz CT molecular complexity index is 778. The molecular formula is C20H16OS. The van der Waals surface area contributed by atoms with Crippen LogP contribution in [0.3, 0.4) is 0 Å². The summed E-state index contributed by atoms with van der Waals surface area (Å²) in [6, 6.07) is 29.5. The summed E-state index contributed by atoms with van der Waals surface area (Å²) in [4.78, 5) is 1.63. The van der Waals surface area contributed by atoms with Crippen LogP contribution in [0.4, 0.5) is 0 Å². The molecule has 0 aliphatic heterocycles. The number of hydrogen-bond acceptors (Lipinski definition) is 1. The predicted octanol–water partition coefficient (Wildman–Crippen LogP) is 4.99. The first-order chi connectivity index (χ1) is 10.8. The molecule has 0 heterocycles. The monoisotopic (exact) mass is 304 g/mol. The molecular weight excluding hydrogens is 288 g/mol. The molecule has 0 saturated carbocycles. The van der Waals surface area contributed by atoms with Gasteiger partial charge in [0.25, 0.3) is 0 Å². The first-order valence-corrected chi connectivity index (χ1v) is 8.28. The molecule has 1 atom stereocenters. The summed E-state index contributed by atoms with van der Waals surface area (Å²) >= 11 is 0. The molecule has 0 saturated heterocycles. The van der Waals surface area contributed by atoms with Gasteiger partial charge in [-0.1, -0.05) is 78.9 Å². The Labute approximate surface area is 133 Å². The lowest BCUT2D eigenvalue weighted by molar-refractivity contribution is 0.689. The largest absolute Gasteiger partial charge is 0.249 e. The van der Waals surface area contributed by atoms with Crippen molar-refractivity contribution in [1.82, 2.24) is 0 Å². The van der Waals surface area contributed by atoms with Crippen molar-refractivity contribution in [3.05, 3.63) is 102 Å². The smallest absolute Gasteiger partial charge is 0.0855 e. The number of rotatable bonds is 4. The Hall–Kier alpha value is -2.45. The minimum absolute atomic E-state index is 0.813. The van der Waals surface area contributed by atoms with E-state index < -0.39 is 10.8 Å². The lowest BCUT2D eigenvalue weighted by Gasteiger charge is -2.08. The van der Waals surface area contributed by atoms with Crippen molar-refractivity contribution in [1.29, 1.82) is 0 Å². The molecule has 0 bridgehead atoms. The van der Waals surface area contributed by atoms with Crippen LogP contribution < -0.4 is 0 Å². The quantitative estimate of drug-likeness (QED) is 0.620. The first-order valence-electron chi connectivity index (χ1n) is 7.13. The van der Waals surface area contributed by atoms with Gasteiger partial charge in [-0.05, 0) is 29.3 Å². The second-order valence-corrected chi connectivity index (χ2v) is 6.32. The maximum absolute atomic E-state index is 13.0. The van der Waals surface area contributed by atoms with Crippen molar-refractivity contribution >= 4 is 21.8 Å². The van der Waals surface area contributed by atoms with Gasteiger partial charge in [-0.2, -0.15) is 0 Å². The minimum Gasteiger partial charge on any atom is -0.249 e. The zero-order valence-corrected chi connectivity index (χ0v) is 12.9. The van der Waals surface area contributed by atoms with Crippen molar-refractivity contribution in [2.45, 2.75) is 4.90 Å². The average molecular weight is 304 g/mol. The second-order valence-electron chi connectivity index (χ2n) is 4.87. The molecule has 3 aromatic carbocycles. The summed E-state index contributed by atoms with van der Waals surface area (Å²) in [6.45, 7) is 0. The maximum atomic E-state index is 13.0. The summed E-state index contributed by atoms with van der Waals surface area (Å²) in [5.41, 5.74) is 2.03. The highest BCUT2D eigenvalue weighted by molar-refractivity contribution is 7.94. The normalized spacial score (nSPS) is 12.8. The zero-order valence-electron chi connectivity index (χ0n) is 12.1. The summed E-state index contributed by atoms with van der Waals surface area (Å²) in [6.07, 6.45) is 2.00. The molecule has 3 aromatic rings. The average Bonchev–Trinajstić information content (AvgIpc) is 2.61. The van der Waals surface area contributed by atoms with Gasteiger partial charge in [0.2, 0.25) is 0 Å². The fraction of sp³-hybridized carbons (Fsp3) is 0. The zero-order chi connectivity index (χ0) is 15.2. The van der Waals surface area contributed by atoms with Crippen LogP contribution in [0.15, 0.2) is 95.9 Å². The number of hydrogen-bond donors (Lipinski definition) is 0. The summed E-state index contributed by atoms with van der Waals surface area (Å²) < 4.78 is 13.0. The van der Waals surface area contributed by atoms with Crippen LogP contribution in [-0.2, 0) is 10.8 Å². The fourth-order valence-corrected chi connectivity index (χ4v) is 3.47. The van der Waals surface area contributed by atoms with Crippen molar-refractivity contribution in [3.63, 3.8) is 0 Å². The molecule has 0 amide bonds. The van der Waals surface area contributed by atoms with Crippen molar-refractivity contribution in [3.8, 4) is 0 Å². The van der Waals surface area contributed by atoms with Gasteiger partial charge in [0.1, 0.15) is 0 Å². The molecule has 0 aromatic heterocycles. The topological polar surface area (TPSA) is 17.1 Å². The molecule has 0 aliphatic rings. The summed E-state index contributed by atoms with van der Waals surface area (Å²) in [7, 11) is -1.21. The molecule has 0 N–H and O–H groups in total. The Morgan fingerprint density at radius 3 is 1.77 bits per heavy atom. The van der Waals surface area contributed by atoms with Crippen LogP contribution in [0.25, 0.3) is 11.0 Å². The van der Waals surface area contributed by atoms with Gasteiger partial charge in [-0.3, -0.25) is 0 Å². The van der Waals surface area contributed by atoms with Crippen LogP contribution >= 0.6 is 0 Å². The molecule has 2 heteroatoms. The van der Waals surface area contributed by atoms with Crippen molar-refractivity contribution < 1.29 is 4.21 Å². The van der Waals surface area contributed by atoms with Crippen LogP contribution in [0.1, 0.15) is 11.1 Å². The fourth-order valence-electron chi connectivity index (χ4n) is 2.22. The SMILES string of the molecule is O=S(C(=Cc1ccccc1)c1ccccc1)c1ccccc1. The van der Waals surface area contributed by atoms with E-state index in [0.29, 0.717) is 0 Å². The Balaban J connectivity index is 2.08. The van der Waals surface area contributed by atoms with E-state index in [4.69, 9.17) is 0 Å². The van der Waals surface area contributed by atoms with Gasteiger partial charge in [-0.15, -0.1) is 0 Å². The van der Waals surface area contributed by atoms with Crippen LogP contribution in [0.5, 0.6) is 0 Å². The van der Waals surface area contributed by atoms with Crippen LogP contribution in [0.2, 0.25) is 0 Å². The van der Waals surface area contributed by atoms with E-state index in [-0.39, 0.29) is 0 Å².